The van der Waals surface area contributed by atoms with Gasteiger partial charge in [-0.3, -0.25) is 9.59 Å². The summed E-state index contributed by atoms with van der Waals surface area (Å²) in [5, 5.41) is 0.744. The number of halogens is 1. The van der Waals surface area contributed by atoms with Crippen molar-refractivity contribution in [2.24, 2.45) is 0 Å². The van der Waals surface area contributed by atoms with Gasteiger partial charge in [-0.2, -0.15) is 0 Å². The molecule has 174 valence electrons. The van der Waals surface area contributed by atoms with Crippen LogP contribution in [0.2, 0.25) is 5.02 Å². The second-order valence-electron chi connectivity index (χ2n) is 9.46. The SMILES string of the molecule is CC(C)N1CCc2ccc(C(=O)C=CC(=O)N3CCC(c4ccc(Cl)cc4)CC3)cc2CC1. The summed E-state index contributed by atoms with van der Waals surface area (Å²) in [4.78, 5) is 29.7. The van der Waals surface area contributed by atoms with Gasteiger partial charge in [-0.05, 0) is 86.4 Å². The van der Waals surface area contributed by atoms with Crippen molar-refractivity contribution in [3.05, 3.63) is 81.9 Å². The molecular weight excluding hydrogens is 432 g/mol. The second kappa shape index (κ2) is 10.7. The number of fused-ring (bicyclic) bond motifs is 1. The highest BCUT2D eigenvalue weighted by atomic mass is 35.5. The van der Waals surface area contributed by atoms with Crippen molar-refractivity contribution in [2.45, 2.75) is 51.5 Å². The number of piperidine rings is 1. The lowest BCUT2D eigenvalue weighted by Crippen LogP contribution is -2.37. The van der Waals surface area contributed by atoms with E-state index in [-0.39, 0.29) is 11.7 Å². The van der Waals surface area contributed by atoms with E-state index in [1.54, 1.807) is 0 Å². The topological polar surface area (TPSA) is 40.6 Å². The summed E-state index contributed by atoms with van der Waals surface area (Å²) >= 11 is 5.99. The van der Waals surface area contributed by atoms with Crippen LogP contribution in [0.1, 0.15) is 59.7 Å². The zero-order valence-corrected chi connectivity index (χ0v) is 20.4. The van der Waals surface area contributed by atoms with Gasteiger partial charge < -0.3 is 9.80 Å². The Morgan fingerprint density at radius 2 is 1.58 bits per heavy atom. The maximum absolute atomic E-state index is 12.8. The molecule has 1 fully saturated rings. The molecule has 0 saturated carbocycles. The number of likely N-dealkylation sites (tertiary alicyclic amines) is 1. The van der Waals surface area contributed by atoms with E-state index in [2.05, 4.69) is 36.9 Å². The van der Waals surface area contributed by atoms with Gasteiger partial charge in [-0.25, -0.2) is 0 Å². The van der Waals surface area contributed by atoms with Gasteiger partial charge in [0, 0.05) is 48.9 Å². The lowest BCUT2D eigenvalue weighted by Gasteiger charge is -2.31. The summed E-state index contributed by atoms with van der Waals surface area (Å²) in [6.45, 7) is 7.94. The molecule has 4 nitrogen and oxygen atoms in total. The van der Waals surface area contributed by atoms with E-state index >= 15 is 0 Å². The van der Waals surface area contributed by atoms with Crippen LogP contribution in [0, 0.1) is 0 Å². The number of allylic oxidation sites excluding steroid dienone is 1. The Morgan fingerprint density at radius 1 is 0.909 bits per heavy atom. The maximum atomic E-state index is 12.8. The van der Waals surface area contributed by atoms with Crippen molar-refractivity contribution in [1.82, 2.24) is 9.80 Å². The van der Waals surface area contributed by atoms with Gasteiger partial charge in [-0.1, -0.05) is 35.9 Å². The first-order valence-corrected chi connectivity index (χ1v) is 12.4. The lowest BCUT2D eigenvalue weighted by atomic mass is 9.89. The van der Waals surface area contributed by atoms with E-state index in [1.165, 1.54) is 28.8 Å². The average molecular weight is 465 g/mol. The smallest absolute Gasteiger partial charge is 0.246 e. The van der Waals surface area contributed by atoms with Crippen LogP contribution in [-0.4, -0.2) is 53.7 Å². The van der Waals surface area contributed by atoms with Gasteiger partial charge in [-0.15, -0.1) is 0 Å². The monoisotopic (exact) mass is 464 g/mol. The first kappa shape index (κ1) is 23.7. The van der Waals surface area contributed by atoms with Crippen molar-refractivity contribution in [3.63, 3.8) is 0 Å². The lowest BCUT2D eigenvalue weighted by molar-refractivity contribution is -0.127. The van der Waals surface area contributed by atoms with Gasteiger partial charge in [0.05, 0.1) is 0 Å². The molecule has 4 rings (SSSR count). The van der Waals surface area contributed by atoms with E-state index in [1.807, 2.05) is 29.2 Å². The minimum atomic E-state index is -0.104. The highest BCUT2D eigenvalue weighted by Crippen LogP contribution is 2.29. The van der Waals surface area contributed by atoms with Crippen LogP contribution < -0.4 is 0 Å². The molecular formula is C28H33ClN2O2. The van der Waals surface area contributed by atoms with E-state index < -0.39 is 0 Å². The number of rotatable bonds is 5. The third kappa shape index (κ3) is 5.93. The molecule has 0 aliphatic carbocycles. The molecule has 1 amide bonds. The average Bonchev–Trinajstić information content (AvgIpc) is 3.05. The first-order chi connectivity index (χ1) is 15.9. The summed E-state index contributed by atoms with van der Waals surface area (Å²) in [7, 11) is 0. The molecule has 2 aromatic rings. The van der Waals surface area contributed by atoms with Crippen LogP contribution in [0.5, 0.6) is 0 Å². The summed E-state index contributed by atoms with van der Waals surface area (Å²) in [6.07, 6.45) is 6.70. The molecule has 0 aromatic heterocycles. The number of hydrogen-bond acceptors (Lipinski definition) is 3. The normalized spacial score (nSPS) is 17.9. The fourth-order valence-electron chi connectivity index (χ4n) is 4.93. The van der Waals surface area contributed by atoms with Crippen molar-refractivity contribution >= 4 is 23.3 Å². The van der Waals surface area contributed by atoms with Crippen molar-refractivity contribution in [3.8, 4) is 0 Å². The Labute approximate surface area is 202 Å². The summed E-state index contributed by atoms with van der Waals surface area (Å²) < 4.78 is 0. The molecule has 2 aliphatic rings. The van der Waals surface area contributed by atoms with Crippen molar-refractivity contribution in [1.29, 1.82) is 0 Å². The molecule has 5 heteroatoms. The second-order valence-corrected chi connectivity index (χ2v) is 9.90. The zero-order chi connectivity index (χ0) is 23.4. The van der Waals surface area contributed by atoms with Crippen molar-refractivity contribution < 1.29 is 9.59 Å². The van der Waals surface area contributed by atoms with Crippen LogP contribution >= 0.6 is 11.6 Å². The quantitative estimate of drug-likeness (QED) is 0.445. The predicted molar refractivity (Wildman–Crippen MR) is 134 cm³/mol. The van der Waals surface area contributed by atoms with E-state index in [9.17, 15) is 9.59 Å². The van der Waals surface area contributed by atoms with Crippen LogP contribution in [-0.2, 0) is 17.6 Å². The van der Waals surface area contributed by atoms with E-state index in [0.717, 1.165) is 43.8 Å². The van der Waals surface area contributed by atoms with Gasteiger partial charge in [0.2, 0.25) is 5.91 Å². The molecule has 2 aromatic carbocycles. The third-order valence-electron chi connectivity index (χ3n) is 7.08. The Bertz CT molecular complexity index is 1020. The van der Waals surface area contributed by atoms with Gasteiger partial charge in [0.25, 0.3) is 0 Å². The maximum Gasteiger partial charge on any atom is 0.246 e. The molecule has 2 aliphatic heterocycles. The van der Waals surface area contributed by atoms with Gasteiger partial charge in [0.1, 0.15) is 0 Å². The zero-order valence-electron chi connectivity index (χ0n) is 19.6. The van der Waals surface area contributed by atoms with Crippen LogP contribution in [0.4, 0.5) is 0 Å². The largest absolute Gasteiger partial charge is 0.339 e. The standard InChI is InChI=1S/C28H33ClN2O2/c1-20(2)30-15-11-22-3-4-25(19-24(22)14-16-30)27(32)9-10-28(33)31-17-12-23(13-18-31)21-5-7-26(29)8-6-21/h3-10,19-20,23H,11-18H2,1-2H3. The minimum absolute atomic E-state index is 0.0831. The number of carbonyl (C=O) groups is 2. The first-order valence-electron chi connectivity index (χ1n) is 12.0. The number of carbonyl (C=O) groups excluding carboxylic acids is 2. The summed E-state index contributed by atoms with van der Waals surface area (Å²) in [5.74, 6) is 0.260. The van der Waals surface area contributed by atoms with Crippen molar-refractivity contribution in [2.75, 3.05) is 26.2 Å². The molecule has 2 heterocycles. The van der Waals surface area contributed by atoms with E-state index in [0.29, 0.717) is 30.6 Å². The summed E-state index contributed by atoms with van der Waals surface area (Å²) in [6, 6.07) is 14.5. The molecule has 0 N–H and O–H groups in total. The number of amides is 1. The van der Waals surface area contributed by atoms with Crippen LogP contribution in [0.3, 0.4) is 0 Å². The molecule has 0 unspecified atom stereocenters. The fourth-order valence-corrected chi connectivity index (χ4v) is 5.05. The highest BCUT2D eigenvalue weighted by Gasteiger charge is 2.23. The summed E-state index contributed by atoms with van der Waals surface area (Å²) in [5.41, 5.74) is 4.53. The predicted octanol–water partition coefficient (Wildman–Crippen LogP) is 5.29. The molecule has 0 spiro atoms. The van der Waals surface area contributed by atoms with E-state index in [4.69, 9.17) is 11.6 Å². The molecule has 33 heavy (non-hydrogen) atoms. The fraction of sp³-hybridized carbons (Fsp3) is 0.429. The Balaban J connectivity index is 1.32. The molecule has 0 bridgehead atoms. The van der Waals surface area contributed by atoms with Gasteiger partial charge >= 0.3 is 0 Å². The van der Waals surface area contributed by atoms with Crippen LogP contribution in [0.25, 0.3) is 0 Å². The Morgan fingerprint density at radius 3 is 2.24 bits per heavy atom. The Hall–Kier alpha value is -2.43. The van der Waals surface area contributed by atoms with Crippen LogP contribution in [0.15, 0.2) is 54.6 Å². The number of nitrogens with zero attached hydrogens (tertiary/aromatic N) is 2. The number of ketones is 1. The minimum Gasteiger partial charge on any atom is -0.339 e. The Kier molecular flexibility index (Phi) is 7.67. The number of hydrogen-bond donors (Lipinski definition) is 0. The third-order valence-corrected chi connectivity index (χ3v) is 7.34. The molecule has 0 atom stereocenters. The van der Waals surface area contributed by atoms with Gasteiger partial charge in [0.15, 0.2) is 5.78 Å². The molecule has 1 saturated heterocycles. The number of benzene rings is 2. The molecule has 0 radical (unpaired) electrons. The highest BCUT2D eigenvalue weighted by molar-refractivity contribution is 6.30.